The van der Waals surface area contributed by atoms with E-state index in [0.717, 1.165) is 11.1 Å². The van der Waals surface area contributed by atoms with E-state index in [2.05, 4.69) is 10.6 Å². The molecule has 2 N–H and O–H groups in total. The van der Waals surface area contributed by atoms with Crippen LogP contribution < -0.4 is 20.1 Å². The second kappa shape index (κ2) is 6.37. The van der Waals surface area contributed by atoms with Crippen molar-refractivity contribution in [1.29, 1.82) is 0 Å². The third-order valence-electron chi connectivity index (χ3n) is 4.95. The summed E-state index contributed by atoms with van der Waals surface area (Å²) in [4.78, 5) is 25.3. The fourth-order valence-corrected chi connectivity index (χ4v) is 3.06. The Morgan fingerprint density at radius 3 is 2.58 bits per heavy atom. The summed E-state index contributed by atoms with van der Waals surface area (Å²) in [5.41, 5.74) is 1.78. The second-order valence-electron chi connectivity index (χ2n) is 6.71. The van der Waals surface area contributed by atoms with E-state index in [9.17, 15) is 9.59 Å². The largest absolute Gasteiger partial charge is 0.454 e. The van der Waals surface area contributed by atoms with E-state index in [1.165, 1.54) is 0 Å². The van der Waals surface area contributed by atoms with Crippen LogP contribution in [0.25, 0.3) is 0 Å². The maximum absolute atomic E-state index is 12.7. The molecule has 0 bridgehead atoms. The van der Waals surface area contributed by atoms with Crippen molar-refractivity contribution in [3.05, 3.63) is 53.6 Å². The summed E-state index contributed by atoms with van der Waals surface area (Å²) < 4.78 is 10.6. The van der Waals surface area contributed by atoms with Gasteiger partial charge in [-0.05, 0) is 43.0 Å². The van der Waals surface area contributed by atoms with Gasteiger partial charge in [-0.3, -0.25) is 9.59 Å². The van der Waals surface area contributed by atoms with E-state index >= 15 is 0 Å². The van der Waals surface area contributed by atoms with Crippen LogP contribution in [0.4, 0.5) is 5.69 Å². The number of ether oxygens (including phenoxy) is 2. The summed E-state index contributed by atoms with van der Waals surface area (Å²) in [6.07, 6.45) is 1.12. The first-order chi connectivity index (χ1) is 12.6. The molecule has 1 aliphatic heterocycles. The SMILES string of the molecule is Cc1ccccc1CNC(=O)C1(C(=O)Nc2ccc3c(c2)OCO3)CC1. The van der Waals surface area contributed by atoms with Gasteiger partial charge in [0.25, 0.3) is 0 Å². The first kappa shape index (κ1) is 16.4. The van der Waals surface area contributed by atoms with Crippen molar-refractivity contribution < 1.29 is 19.1 Å². The molecular formula is C20H20N2O4. The van der Waals surface area contributed by atoms with E-state index in [1.807, 2.05) is 31.2 Å². The Hall–Kier alpha value is -3.02. The first-order valence-electron chi connectivity index (χ1n) is 8.62. The summed E-state index contributed by atoms with van der Waals surface area (Å²) >= 11 is 0. The molecule has 0 atom stereocenters. The minimum atomic E-state index is -0.973. The molecule has 26 heavy (non-hydrogen) atoms. The number of amides is 2. The Morgan fingerprint density at radius 2 is 1.81 bits per heavy atom. The standard InChI is InChI=1S/C20H20N2O4/c1-13-4-2-3-5-14(13)11-21-18(23)20(8-9-20)19(24)22-15-6-7-16-17(10-15)26-12-25-16/h2-7,10H,8-9,11-12H2,1H3,(H,21,23)(H,22,24). The van der Waals surface area contributed by atoms with E-state index in [4.69, 9.17) is 9.47 Å². The normalized spacial score (nSPS) is 16.0. The Bertz CT molecular complexity index is 874. The Morgan fingerprint density at radius 1 is 1.04 bits per heavy atom. The predicted molar refractivity (Wildman–Crippen MR) is 95.9 cm³/mol. The highest BCUT2D eigenvalue weighted by Gasteiger charge is 2.56. The number of rotatable bonds is 5. The van der Waals surface area contributed by atoms with Crippen LogP contribution >= 0.6 is 0 Å². The molecule has 4 rings (SSSR count). The molecule has 2 aliphatic rings. The first-order valence-corrected chi connectivity index (χ1v) is 8.62. The third-order valence-corrected chi connectivity index (χ3v) is 4.95. The van der Waals surface area contributed by atoms with Crippen molar-refractivity contribution in [3.63, 3.8) is 0 Å². The zero-order valence-corrected chi connectivity index (χ0v) is 14.5. The molecule has 0 spiro atoms. The van der Waals surface area contributed by atoms with Crippen molar-refractivity contribution in [2.24, 2.45) is 5.41 Å². The molecule has 6 nitrogen and oxygen atoms in total. The quantitative estimate of drug-likeness (QED) is 0.811. The van der Waals surface area contributed by atoms with Crippen LogP contribution in [0.15, 0.2) is 42.5 Å². The molecule has 6 heteroatoms. The molecule has 0 radical (unpaired) electrons. The van der Waals surface area contributed by atoms with Crippen molar-refractivity contribution in [3.8, 4) is 11.5 Å². The van der Waals surface area contributed by atoms with Gasteiger partial charge in [0.1, 0.15) is 5.41 Å². The molecule has 0 saturated heterocycles. The lowest BCUT2D eigenvalue weighted by Crippen LogP contribution is -2.39. The average Bonchev–Trinajstić information content (AvgIpc) is 3.33. The lowest BCUT2D eigenvalue weighted by Gasteiger charge is -2.16. The van der Waals surface area contributed by atoms with Gasteiger partial charge in [-0.1, -0.05) is 24.3 Å². The maximum Gasteiger partial charge on any atom is 0.240 e. The number of hydrogen-bond acceptors (Lipinski definition) is 4. The number of benzene rings is 2. The van der Waals surface area contributed by atoms with Crippen LogP contribution in [0.1, 0.15) is 24.0 Å². The van der Waals surface area contributed by atoms with Crippen LogP contribution in [0.5, 0.6) is 11.5 Å². The number of fused-ring (bicyclic) bond motifs is 1. The van der Waals surface area contributed by atoms with E-state index in [1.54, 1.807) is 18.2 Å². The molecule has 2 aromatic rings. The van der Waals surface area contributed by atoms with Gasteiger partial charge in [0, 0.05) is 18.3 Å². The lowest BCUT2D eigenvalue weighted by molar-refractivity contribution is -0.134. The number of hydrogen-bond donors (Lipinski definition) is 2. The highest BCUT2D eigenvalue weighted by molar-refractivity contribution is 6.13. The minimum absolute atomic E-state index is 0.179. The molecule has 1 fully saturated rings. The molecule has 2 aromatic carbocycles. The Kier molecular flexibility index (Phi) is 4.03. The molecule has 1 aliphatic carbocycles. The van der Waals surface area contributed by atoms with Crippen LogP contribution in [0, 0.1) is 12.3 Å². The van der Waals surface area contributed by atoms with Gasteiger partial charge >= 0.3 is 0 Å². The summed E-state index contributed by atoms with van der Waals surface area (Å²) in [7, 11) is 0. The maximum atomic E-state index is 12.7. The summed E-state index contributed by atoms with van der Waals surface area (Å²) in [6.45, 7) is 2.60. The fourth-order valence-electron chi connectivity index (χ4n) is 3.06. The van der Waals surface area contributed by atoms with Crippen LogP contribution in [-0.4, -0.2) is 18.6 Å². The Balaban J connectivity index is 1.40. The van der Waals surface area contributed by atoms with Gasteiger partial charge in [-0.2, -0.15) is 0 Å². The molecule has 0 unspecified atom stereocenters. The lowest BCUT2D eigenvalue weighted by atomic mass is 10.0. The third kappa shape index (κ3) is 2.98. The molecular weight excluding hydrogens is 332 g/mol. The van der Waals surface area contributed by atoms with E-state index in [-0.39, 0.29) is 18.6 Å². The highest BCUT2D eigenvalue weighted by Crippen LogP contribution is 2.47. The van der Waals surface area contributed by atoms with Gasteiger partial charge in [0.05, 0.1) is 0 Å². The minimum Gasteiger partial charge on any atom is -0.454 e. The zero-order chi connectivity index (χ0) is 18.1. The number of anilines is 1. The number of carbonyl (C=O) groups excluding carboxylic acids is 2. The van der Waals surface area contributed by atoms with Gasteiger partial charge in [-0.25, -0.2) is 0 Å². The highest BCUT2D eigenvalue weighted by atomic mass is 16.7. The van der Waals surface area contributed by atoms with Crippen molar-refractivity contribution in [2.75, 3.05) is 12.1 Å². The number of carbonyl (C=O) groups is 2. The van der Waals surface area contributed by atoms with E-state index < -0.39 is 5.41 Å². The molecule has 1 saturated carbocycles. The zero-order valence-electron chi connectivity index (χ0n) is 14.5. The van der Waals surface area contributed by atoms with Gasteiger partial charge in [0.2, 0.25) is 18.6 Å². The monoisotopic (exact) mass is 352 g/mol. The van der Waals surface area contributed by atoms with Crippen molar-refractivity contribution in [1.82, 2.24) is 5.32 Å². The predicted octanol–water partition coefficient (Wildman–Crippen LogP) is 2.76. The van der Waals surface area contributed by atoms with Crippen LogP contribution in [0.3, 0.4) is 0 Å². The van der Waals surface area contributed by atoms with Crippen molar-refractivity contribution >= 4 is 17.5 Å². The van der Waals surface area contributed by atoms with Gasteiger partial charge in [0.15, 0.2) is 11.5 Å². The van der Waals surface area contributed by atoms with Gasteiger partial charge in [-0.15, -0.1) is 0 Å². The molecule has 0 aromatic heterocycles. The Labute approximate surface area is 151 Å². The van der Waals surface area contributed by atoms with Crippen LogP contribution in [-0.2, 0) is 16.1 Å². The molecule has 1 heterocycles. The topological polar surface area (TPSA) is 76.7 Å². The summed E-state index contributed by atoms with van der Waals surface area (Å²) in [5.74, 6) is 0.745. The average molecular weight is 352 g/mol. The van der Waals surface area contributed by atoms with Crippen molar-refractivity contribution in [2.45, 2.75) is 26.3 Å². The number of nitrogens with one attached hydrogen (secondary N) is 2. The summed E-state index contributed by atoms with van der Waals surface area (Å²) in [5, 5.41) is 5.74. The second-order valence-corrected chi connectivity index (χ2v) is 6.71. The number of aryl methyl sites for hydroxylation is 1. The van der Waals surface area contributed by atoms with Crippen LogP contribution in [0.2, 0.25) is 0 Å². The smallest absolute Gasteiger partial charge is 0.240 e. The molecule has 134 valence electrons. The fraction of sp³-hybridized carbons (Fsp3) is 0.300. The summed E-state index contributed by atoms with van der Waals surface area (Å²) in [6, 6.07) is 13.1. The van der Waals surface area contributed by atoms with Gasteiger partial charge < -0.3 is 20.1 Å². The molecule has 2 amide bonds. The van der Waals surface area contributed by atoms with E-state index in [0.29, 0.717) is 36.6 Å².